The van der Waals surface area contributed by atoms with E-state index < -0.39 is 0 Å². The van der Waals surface area contributed by atoms with Crippen LogP contribution in [0.25, 0.3) is 0 Å². The van der Waals surface area contributed by atoms with Crippen LogP contribution in [0.3, 0.4) is 0 Å². The summed E-state index contributed by atoms with van der Waals surface area (Å²) in [5, 5.41) is 7.06. The molecule has 0 radical (unpaired) electrons. The fraction of sp³-hybridized carbons (Fsp3) is 0.810. The van der Waals surface area contributed by atoms with Crippen molar-refractivity contribution >= 4 is 5.96 Å². The maximum absolute atomic E-state index is 5.51. The van der Waals surface area contributed by atoms with E-state index in [0.29, 0.717) is 6.04 Å². The molecule has 7 heteroatoms. The van der Waals surface area contributed by atoms with E-state index in [-0.39, 0.29) is 0 Å². The highest BCUT2D eigenvalue weighted by atomic mass is 16.5. The molecule has 0 spiro atoms. The maximum atomic E-state index is 5.51. The number of aliphatic imine (C=N–C) groups is 1. The predicted octanol–water partition coefficient (Wildman–Crippen LogP) is 2.03. The highest BCUT2D eigenvalue weighted by Gasteiger charge is 2.24. The Kier molecular flexibility index (Phi) is 8.61. The molecule has 0 saturated carbocycles. The first-order chi connectivity index (χ1) is 13.7. The number of nitrogens with zero attached hydrogens (tertiary/aromatic N) is 4. The summed E-state index contributed by atoms with van der Waals surface area (Å²) in [7, 11) is 0. The van der Waals surface area contributed by atoms with Crippen molar-refractivity contribution in [3.05, 3.63) is 18.2 Å². The molecule has 0 bridgehead atoms. The van der Waals surface area contributed by atoms with Gasteiger partial charge in [-0.3, -0.25) is 4.99 Å². The van der Waals surface area contributed by atoms with Crippen LogP contribution in [-0.2, 0) is 11.3 Å². The molecule has 2 fully saturated rings. The van der Waals surface area contributed by atoms with Crippen LogP contribution in [0.1, 0.15) is 44.9 Å². The van der Waals surface area contributed by atoms with E-state index in [0.717, 1.165) is 63.4 Å². The summed E-state index contributed by atoms with van der Waals surface area (Å²) in [6, 6.07) is 0.530. The lowest BCUT2D eigenvalue weighted by molar-refractivity contribution is 0.150. The monoisotopic (exact) mass is 390 g/mol. The van der Waals surface area contributed by atoms with Crippen LogP contribution >= 0.6 is 0 Å². The molecule has 0 aromatic carbocycles. The van der Waals surface area contributed by atoms with Gasteiger partial charge in [0.15, 0.2) is 5.96 Å². The summed E-state index contributed by atoms with van der Waals surface area (Å²) in [5.41, 5.74) is 0. The fourth-order valence-electron chi connectivity index (χ4n) is 4.09. The lowest BCUT2D eigenvalue weighted by atomic mass is 10.0. The second kappa shape index (κ2) is 11.4. The molecule has 1 atom stereocenters. The normalized spacial score (nSPS) is 21.9. The molecule has 1 aromatic rings. The van der Waals surface area contributed by atoms with E-state index in [1.807, 2.05) is 6.20 Å². The first-order valence-electron chi connectivity index (χ1n) is 11.1. The molecule has 2 aliphatic heterocycles. The zero-order valence-corrected chi connectivity index (χ0v) is 17.7. The van der Waals surface area contributed by atoms with Gasteiger partial charge in [-0.15, -0.1) is 0 Å². The topological polar surface area (TPSA) is 66.7 Å². The van der Waals surface area contributed by atoms with Gasteiger partial charge < -0.3 is 24.8 Å². The van der Waals surface area contributed by atoms with Gasteiger partial charge in [0, 0.05) is 64.3 Å². The second-order valence-corrected chi connectivity index (χ2v) is 8.08. The Hall–Kier alpha value is -1.60. The van der Waals surface area contributed by atoms with Gasteiger partial charge in [0.2, 0.25) is 0 Å². The van der Waals surface area contributed by atoms with Crippen LogP contribution in [0.4, 0.5) is 0 Å². The molecule has 158 valence electrons. The van der Waals surface area contributed by atoms with Gasteiger partial charge in [0.05, 0.1) is 6.61 Å². The van der Waals surface area contributed by atoms with Crippen LogP contribution in [0.2, 0.25) is 0 Å². The summed E-state index contributed by atoms with van der Waals surface area (Å²) in [6.45, 7) is 12.4. The molecule has 0 amide bonds. The van der Waals surface area contributed by atoms with E-state index in [9.17, 15) is 0 Å². The van der Waals surface area contributed by atoms with Gasteiger partial charge in [-0.2, -0.15) is 0 Å². The van der Waals surface area contributed by atoms with Crippen molar-refractivity contribution in [2.75, 3.05) is 45.9 Å². The maximum Gasteiger partial charge on any atom is 0.191 e. The number of hydrogen-bond donors (Lipinski definition) is 2. The van der Waals surface area contributed by atoms with Crippen molar-refractivity contribution in [1.82, 2.24) is 25.1 Å². The molecule has 3 rings (SSSR count). The molecule has 7 nitrogen and oxygen atoms in total. The minimum absolute atomic E-state index is 0.530. The zero-order chi connectivity index (χ0) is 19.6. The average molecular weight is 391 g/mol. The van der Waals surface area contributed by atoms with E-state index in [2.05, 4.69) is 45.1 Å². The fourth-order valence-corrected chi connectivity index (χ4v) is 4.09. The number of aromatic nitrogens is 2. The third-order valence-corrected chi connectivity index (χ3v) is 5.81. The van der Waals surface area contributed by atoms with Crippen LogP contribution in [0.5, 0.6) is 0 Å². The molecular formula is C21H38N6O. The van der Waals surface area contributed by atoms with E-state index in [4.69, 9.17) is 9.73 Å². The number of hydrogen-bond acceptors (Lipinski definition) is 4. The third kappa shape index (κ3) is 6.78. The highest BCUT2D eigenvalue weighted by Crippen LogP contribution is 2.17. The van der Waals surface area contributed by atoms with Crippen LogP contribution in [-0.4, -0.2) is 72.4 Å². The number of rotatable bonds is 9. The quantitative estimate of drug-likeness (QED) is 0.384. The highest BCUT2D eigenvalue weighted by molar-refractivity contribution is 5.80. The summed E-state index contributed by atoms with van der Waals surface area (Å²) < 4.78 is 7.72. The number of ether oxygens (including phenoxy) is 1. The Morgan fingerprint density at radius 1 is 1.29 bits per heavy atom. The second-order valence-electron chi connectivity index (χ2n) is 8.08. The molecule has 1 aromatic heterocycles. The Balaban J connectivity index is 1.34. The van der Waals surface area contributed by atoms with E-state index in [1.54, 1.807) is 0 Å². The molecule has 2 saturated heterocycles. The standard InChI is InChI=1S/C21H38N6O/c1-3-22-21(24-9-4-5-11-27-14-10-23-18(27)2)25-20-6-12-26(13-7-20)16-19-8-15-28-17-19/h10,14,19-20H,3-9,11-13,15-17H2,1-2H3,(H2,22,24,25). The number of likely N-dealkylation sites (tertiary alicyclic amines) is 1. The molecule has 0 aliphatic carbocycles. The SMILES string of the molecule is CCNC(=NCCCCn1ccnc1C)NC1CCN(CC2CCOC2)CC1. The largest absolute Gasteiger partial charge is 0.381 e. The Bertz CT molecular complexity index is 587. The van der Waals surface area contributed by atoms with Crippen molar-refractivity contribution in [1.29, 1.82) is 0 Å². The van der Waals surface area contributed by atoms with E-state index >= 15 is 0 Å². The van der Waals surface area contributed by atoms with Gasteiger partial charge in [-0.05, 0) is 51.9 Å². The van der Waals surface area contributed by atoms with Gasteiger partial charge in [-0.1, -0.05) is 0 Å². The predicted molar refractivity (Wildman–Crippen MR) is 114 cm³/mol. The van der Waals surface area contributed by atoms with Crippen molar-refractivity contribution < 1.29 is 4.74 Å². The Morgan fingerprint density at radius 3 is 2.82 bits per heavy atom. The van der Waals surface area contributed by atoms with Gasteiger partial charge in [0.25, 0.3) is 0 Å². The average Bonchev–Trinajstić information content (AvgIpc) is 3.35. The molecule has 2 N–H and O–H groups in total. The number of aryl methyl sites for hydroxylation is 2. The van der Waals surface area contributed by atoms with Crippen molar-refractivity contribution in [2.45, 2.75) is 58.5 Å². The van der Waals surface area contributed by atoms with Crippen LogP contribution in [0.15, 0.2) is 17.4 Å². The first kappa shape index (κ1) is 21.1. The molecule has 3 heterocycles. The Labute approximate surface area is 169 Å². The summed E-state index contributed by atoms with van der Waals surface area (Å²) >= 11 is 0. The lowest BCUT2D eigenvalue weighted by Crippen LogP contribution is -2.49. The van der Waals surface area contributed by atoms with Gasteiger partial charge >= 0.3 is 0 Å². The van der Waals surface area contributed by atoms with E-state index in [1.165, 1.54) is 38.9 Å². The van der Waals surface area contributed by atoms with Crippen molar-refractivity contribution in [3.8, 4) is 0 Å². The van der Waals surface area contributed by atoms with Crippen LogP contribution in [0, 0.1) is 12.8 Å². The first-order valence-corrected chi connectivity index (χ1v) is 11.1. The molecule has 1 unspecified atom stereocenters. The zero-order valence-electron chi connectivity index (χ0n) is 17.7. The number of unbranched alkanes of at least 4 members (excludes halogenated alkanes) is 1. The number of nitrogens with one attached hydrogen (secondary N) is 2. The number of piperidine rings is 1. The Morgan fingerprint density at radius 2 is 2.14 bits per heavy atom. The number of imidazole rings is 1. The van der Waals surface area contributed by atoms with Crippen molar-refractivity contribution in [3.63, 3.8) is 0 Å². The molecule has 28 heavy (non-hydrogen) atoms. The summed E-state index contributed by atoms with van der Waals surface area (Å²) in [6.07, 6.45) is 9.76. The lowest BCUT2D eigenvalue weighted by Gasteiger charge is -2.34. The van der Waals surface area contributed by atoms with Gasteiger partial charge in [0.1, 0.15) is 5.82 Å². The summed E-state index contributed by atoms with van der Waals surface area (Å²) in [4.78, 5) is 11.7. The minimum Gasteiger partial charge on any atom is -0.381 e. The third-order valence-electron chi connectivity index (χ3n) is 5.81. The minimum atomic E-state index is 0.530. The van der Waals surface area contributed by atoms with Gasteiger partial charge in [-0.25, -0.2) is 4.98 Å². The molecular weight excluding hydrogens is 352 g/mol. The van der Waals surface area contributed by atoms with Crippen molar-refractivity contribution in [2.24, 2.45) is 10.9 Å². The van der Waals surface area contributed by atoms with Crippen LogP contribution < -0.4 is 10.6 Å². The smallest absolute Gasteiger partial charge is 0.191 e. The number of guanidine groups is 1. The molecule has 2 aliphatic rings. The summed E-state index contributed by atoms with van der Waals surface area (Å²) in [5.74, 6) is 2.81.